The van der Waals surface area contributed by atoms with E-state index in [1.54, 1.807) is 31.2 Å². The maximum Gasteiger partial charge on any atom is 0.261 e. The highest BCUT2D eigenvalue weighted by Gasteiger charge is 2.19. The summed E-state index contributed by atoms with van der Waals surface area (Å²) in [5.41, 5.74) is 2.29. The van der Waals surface area contributed by atoms with Crippen LogP contribution < -0.4 is 4.72 Å². The van der Waals surface area contributed by atoms with E-state index in [0.29, 0.717) is 23.8 Å². The van der Waals surface area contributed by atoms with E-state index >= 15 is 0 Å². The van der Waals surface area contributed by atoms with E-state index in [1.165, 1.54) is 0 Å². The molecule has 2 aromatic carbocycles. The van der Waals surface area contributed by atoms with Crippen molar-refractivity contribution in [2.24, 2.45) is 0 Å². The van der Waals surface area contributed by atoms with Gasteiger partial charge in [-0.25, -0.2) is 8.42 Å². The Labute approximate surface area is 159 Å². The molecule has 0 atom stereocenters. The fourth-order valence-corrected chi connectivity index (χ4v) is 3.79. The number of anilines is 1. The highest BCUT2D eigenvalue weighted by atomic mass is 32.2. The van der Waals surface area contributed by atoms with Crippen molar-refractivity contribution in [2.75, 3.05) is 4.72 Å². The zero-order valence-corrected chi connectivity index (χ0v) is 16.7. The summed E-state index contributed by atoms with van der Waals surface area (Å²) < 4.78 is 33.4. The van der Waals surface area contributed by atoms with E-state index in [1.807, 2.05) is 24.3 Å². The van der Waals surface area contributed by atoms with Gasteiger partial charge in [0, 0.05) is 0 Å². The molecule has 3 rings (SSSR count). The molecule has 3 aromatic rings. The Bertz CT molecular complexity index is 1030. The lowest BCUT2D eigenvalue weighted by atomic mass is 9.87. The summed E-state index contributed by atoms with van der Waals surface area (Å²) in [6.45, 7) is 8.00. The average Bonchev–Trinajstić information content (AvgIpc) is 3.01. The van der Waals surface area contributed by atoms with Crippen LogP contribution in [0.15, 0.2) is 57.9 Å². The Morgan fingerprint density at radius 1 is 1.04 bits per heavy atom. The Balaban J connectivity index is 1.86. The smallest absolute Gasteiger partial charge is 0.261 e. The van der Waals surface area contributed by atoms with Gasteiger partial charge in [-0.2, -0.15) is 4.98 Å². The predicted octanol–water partition coefficient (Wildman–Crippen LogP) is 4.07. The molecule has 0 saturated heterocycles. The summed E-state index contributed by atoms with van der Waals surface area (Å²) in [5.74, 6) is 0.982. The van der Waals surface area contributed by atoms with Crippen molar-refractivity contribution in [1.82, 2.24) is 10.1 Å². The molecular weight excluding hydrogens is 362 g/mol. The summed E-state index contributed by atoms with van der Waals surface area (Å²) in [7, 11) is -3.70. The number of sulfonamides is 1. The van der Waals surface area contributed by atoms with Crippen LogP contribution in [0.3, 0.4) is 0 Å². The fraction of sp³-hybridized carbons (Fsp3) is 0.300. The normalized spacial score (nSPS) is 12.1. The summed E-state index contributed by atoms with van der Waals surface area (Å²) >= 11 is 0. The highest BCUT2D eigenvalue weighted by molar-refractivity contribution is 7.92. The van der Waals surface area contributed by atoms with Crippen molar-refractivity contribution in [3.8, 4) is 0 Å². The molecular formula is C20H23N3O3S. The lowest BCUT2D eigenvalue weighted by Crippen LogP contribution is -2.15. The van der Waals surface area contributed by atoms with Gasteiger partial charge in [-0.3, -0.25) is 4.72 Å². The third-order valence-corrected chi connectivity index (χ3v) is 5.59. The molecule has 0 amide bonds. The molecule has 0 fully saturated rings. The van der Waals surface area contributed by atoms with Crippen LogP contribution in [-0.4, -0.2) is 18.6 Å². The highest BCUT2D eigenvalue weighted by Crippen LogP contribution is 2.25. The van der Waals surface area contributed by atoms with Crippen LogP contribution in [-0.2, 0) is 21.9 Å². The van der Waals surface area contributed by atoms with Crippen molar-refractivity contribution in [2.45, 2.75) is 44.4 Å². The molecule has 0 spiro atoms. The van der Waals surface area contributed by atoms with Crippen LogP contribution in [0.25, 0.3) is 0 Å². The molecule has 1 heterocycles. The second kappa shape index (κ2) is 7.15. The van der Waals surface area contributed by atoms with Gasteiger partial charge in [0.2, 0.25) is 5.89 Å². The fourth-order valence-electron chi connectivity index (χ4n) is 2.69. The zero-order valence-electron chi connectivity index (χ0n) is 15.9. The Morgan fingerprint density at radius 3 is 2.30 bits per heavy atom. The third kappa shape index (κ3) is 4.54. The van der Waals surface area contributed by atoms with E-state index in [2.05, 4.69) is 35.6 Å². The number of aryl methyl sites for hydroxylation is 1. The minimum absolute atomic E-state index is 0.0372. The molecule has 0 aliphatic carbocycles. The van der Waals surface area contributed by atoms with Gasteiger partial charge in [-0.05, 0) is 41.7 Å². The van der Waals surface area contributed by atoms with Crippen molar-refractivity contribution in [3.05, 3.63) is 71.4 Å². The molecule has 0 bridgehead atoms. The Hall–Kier alpha value is -2.67. The van der Waals surface area contributed by atoms with Gasteiger partial charge in [-0.15, -0.1) is 0 Å². The molecule has 1 N–H and O–H groups in total. The molecule has 0 radical (unpaired) electrons. The van der Waals surface area contributed by atoms with Gasteiger partial charge >= 0.3 is 0 Å². The molecule has 0 aliphatic rings. The van der Waals surface area contributed by atoms with Crippen LogP contribution >= 0.6 is 0 Å². The number of rotatable bonds is 5. The van der Waals surface area contributed by atoms with Crippen molar-refractivity contribution in [1.29, 1.82) is 0 Å². The van der Waals surface area contributed by atoms with Crippen molar-refractivity contribution < 1.29 is 12.9 Å². The summed E-state index contributed by atoms with van der Waals surface area (Å²) in [6.07, 6.45) is 0.350. The van der Waals surface area contributed by atoms with Crippen LogP contribution in [0, 0.1) is 6.92 Å². The first-order chi connectivity index (χ1) is 12.6. The Kier molecular flexibility index (Phi) is 5.06. The second-order valence-corrected chi connectivity index (χ2v) is 9.13. The second-order valence-electron chi connectivity index (χ2n) is 7.45. The SMILES string of the molecule is Cc1noc(Cc2ccccc2NS(=O)(=O)c2ccc(C(C)(C)C)cc2)n1. The minimum Gasteiger partial charge on any atom is -0.339 e. The third-order valence-electron chi connectivity index (χ3n) is 4.20. The van der Waals surface area contributed by atoms with Crippen molar-refractivity contribution in [3.63, 3.8) is 0 Å². The predicted molar refractivity (Wildman–Crippen MR) is 104 cm³/mol. The molecule has 142 valence electrons. The molecule has 0 aliphatic heterocycles. The number of aromatic nitrogens is 2. The standard InChI is InChI=1S/C20H23N3O3S/c1-14-21-19(26-22-14)13-15-7-5-6-8-18(15)23-27(24,25)17-11-9-16(10-12-17)20(2,3)4/h5-12,23H,13H2,1-4H3. The number of nitrogens with zero attached hydrogens (tertiary/aromatic N) is 2. The molecule has 6 nitrogen and oxygen atoms in total. The first-order valence-electron chi connectivity index (χ1n) is 8.65. The maximum absolute atomic E-state index is 12.8. The van der Waals surface area contributed by atoms with E-state index in [9.17, 15) is 8.42 Å². The molecule has 0 saturated carbocycles. The van der Waals surface area contributed by atoms with Gasteiger partial charge in [0.25, 0.3) is 10.0 Å². The van der Waals surface area contributed by atoms with E-state index in [4.69, 9.17) is 4.52 Å². The van der Waals surface area contributed by atoms with Crippen LogP contribution in [0.1, 0.15) is 43.6 Å². The largest absolute Gasteiger partial charge is 0.339 e. The van der Waals surface area contributed by atoms with Gasteiger partial charge in [0.05, 0.1) is 17.0 Å². The van der Waals surface area contributed by atoms with E-state index in [0.717, 1.165) is 11.1 Å². The number of nitrogens with one attached hydrogen (secondary N) is 1. The molecule has 7 heteroatoms. The summed E-state index contributed by atoms with van der Waals surface area (Å²) in [6, 6.07) is 14.1. The minimum atomic E-state index is -3.70. The molecule has 27 heavy (non-hydrogen) atoms. The van der Waals surface area contributed by atoms with Crippen LogP contribution in [0.2, 0.25) is 0 Å². The number of hydrogen-bond acceptors (Lipinski definition) is 5. The van der Waals surface area contributed by atoms with Gasteiger partial charge < -0.3 is 4.52 Å². The van der Waals surface area contributed by atoms with E-state index in [-0.39, 0.29) is 10.3 Å². The number of para-hydroxylation sites is 1. The Morgan fingerprint density at radius 2 is 1.70 bits per heavy atom. The lowest BCUT2D eigenvalue weighted by Gasteiger charge is -2.19. The van der Waals surface area contributed by atoms with E-state index < -0.39 is 10.0 Å². The lowest BCUT2D eigenvalue weighted by molar-refractivity contribution is 0.381. The van der Waals surface area contributed by atoms with Gasteiger partial charge in [0.15, 0.2) is 5.82 Å². The van der Waals surface area contributed by atoms with Crippen molar-refractivity contribution >= 4 is 15.7 Å². The topological polar surface area (TPSA) is 85.1 Å². The van der Waals surface area contributed by atoms with Crippen LogP contribution in [0.5, 0.6) is 0 Å². The maximum atomic E-state index is 12.8. The zero-order chi connectivity index (χ0) is 19.7. The molecule has 0 unspecified atom stereocenters. The number of hydrogen-bond donors (Lipinski definition) is 1. The first kappa shape index (κ1) is 19.1. The quantitative estimate of drug-likeness (QED) is 0.716. The summed E-state index contributed by atoms with van der Waals surface area (Å²) in [5, 5.41) is 3.77. The first-order valence-corrected chi connectivity index (χ1v) is 10.1. The monoisotopic (exact) mass is 385 g/mol. The summed E-state index contributed by atoms with van der Waals surface area (Å²) in [4.78, 5) is 4.40. The van der Waals surface area contributed by atoms with Gasteiger partial charge in [0.1, 0.15) is 0 Å². The number of benzene rings is 2. The molecule has 1 aromatic heterocycles. The van der Waals surface area contributed by atoms with Gasteiger partial charge in [-0.1, -0.05) is 56.3 Å². The van der Waals surface area contributed by atoms with Crippen LogP contribution in [0.4, 0.5) is 5.69 Å². The average molecular weight is 385 g/mol.